The minimum absolute atomic E-state index is 0.343. The van der Waals surface area contributed by atoms with Crippen molar-refractivity contribution in [2.24, 2.45) is 5.34 Å². The minimum Gasteiger partial charge on any atom is -0.465 e. The summed E-state index contributed by atoms with van der Waals surface area (Å²) in [4.78, 5) is 19.0. The number of hydrogen-bond donors (Lipinski definition) is 2. The maximum Gasteiger partial charge on any atom is 0.337 e. The molecule has 3 N–H and O–H groups in total. The van der Waals surface area contributed by atoms with E-state index in [1.54, 1.807) is 24.3 Å². The van der Waals surface area contributed by atoms with Crippen molar-refractivity contribution in [3.8, 4) is 0 Å². The van der Waals surface area contributed by atoms with Gasteiger partial charge in [0.05, 0.1) is 12.7 Å². The predicted molar refractivity (Wildman–Crippen MR) is 49.8 cm³/mol. The first-order valence-electron chi connectivity index (χ1n) is 3.56. The van der Waals surface area contributed by atoms with E-state index in [2.05, 4.69) is 4.74 Å². The molecule has 0 atom stereocenters. The summed E-state index contributed by atoms with van der Waals surface area (Å²) in [6.45, 7) is 0. The summed E-state index contributed by atoms with van der Waals surface area (Å²) >= 11 is 0. The van der Waals surface area contributed by atoms with E-state index < -0.39 is 0 Å². The van der Waals surface area contributed by atoms with Gasteiger partial charge in [0.2, 0.25) is 0 Å². The fourth-order valence-corrected chi connectivity index (χ4v) is 0.737. The van der Waals surface area contributed by atoms with Gasteiger partial charge in [0.15, 0.2) is 5.34 Å². The van der Waals surface area contributed by atoms with Crippen LogP contribution in [-0.2, 0) is 4.74 Å². The molecule has 0 fully saturated rings. The molecule has 0 aromatic heterocycles. The average Bonchev–Trinajstić information content (AvgIpc) is 2.19. The highest BCUT2D eigenvalue weighted by Crippen LogP contribution is 2.05. The molecule has 14 heavy (non-hydrogen) atoms. The molecular formula is C8H10N2O4. The van der Waals surface area contributed by atoms with E-state index in [0.29, 0.717) is 11.3 Å². The third-order valence-corrected chi connectivity index (χ3v) is 1.33. The van der Waals surface area contributed by atoms with Crippen LogP contribution in [0.2, 0.25) is 0 Å². The predicted octanol–water partition coefficient (Wildman–Crippen LogP) is 1.20. The van der Waals surface area contributed by atoms with E-state index in [4.69, 9.17) is 15.8 Å². The topological polar surface area (TPSA) is 102 Å². The standard InChI is InChI=1S/C8H9NO2.HNO2/c1-11-8(10)6-2-4-7(9)5-3-6;2-1-3/h2-5H,9H2,1H3;(H,2,3). The summed E-state index contributed by atoms with van der Waals surface area (Å²) in [7, 11) is 1.35. The van der Waals surface area contributed by atoms with Gasteiger partial charge >= 0.3 is 5.97 Å². The first kappa shape index (κ1) is 11.9. The Morgan fingerprint density at radius 2 is 1.86 bits per heavy atom. The van der Waals surface area contributed by atoms with E-state index in [-0.39, 0.29) is 5.97 Å². The molecule has 0 saturated carbocycles. The minimum atomic E-state index is -0.343. The lowest BCUT2D eigenvalue weighted by Gasteiger charge is -1.97. The number of esters is 1. The number of carbonyl (C=O) groups excluding carboxylic acids is 1. The highest BCUT2D eigenvalue weighted by Gasteiger charge is 2.02. The number of ether oxygens (including phenoxy) is 1. The number of rotatable bonds is 1. The van der Waals surface area contributed by atoms with Gasteiger partial charge in [0.25, 0.3) is 0 Å². The smallest absolute Gasteiger partial charge is 0.337 e. The molecule has 6 nitrogen and oxygen atoms in total. The van der Waals surface area contributed by atoms with Crippen molar-refractivity contribution in [3.05, 3.63) is 34.7 Å². The molecule has 0 aliphatic rings. The van der Waals surface area contributed by atoms with Crippen molar-refractivity contribution in [3.63, 3.8) is 0 Å². The van der Waals surface area contributed by atoms with Crippen LogP contribution < -0.4 is 5.73 Å². The molecule has 0 amide bonds. The lowest BCUT2D eigenvalue weighted by Crippen LogP contribution is -2.00. The van der Waals surface area contributed by atoms with Gasteiger partial charge in [0, 0.05) is 5.69 Å². The highest BCUT2D eigenvalue weighted by molar-refractivity contribution is 5.89. The Hall–Kier alpha value is -2.11. The van der Waals surface area contributed by atoms with Crippen LogP contribution >= 0.6 is 0 Å². The number of nitrogens with two attached hydrogens (primary N) is 1. The molecule has 76 valence electrons. The van der Waals surface area contributed by atoms with Crippen molar-refractivity contribution >= 4 is 11.7 Å². The normalized spacial score (nSPS) is 8.07. The summed E-state index contributed by atoms with van der Waals surface area (Å²) in [6, 6.07) is 6.57. The number of nitrogens with zero attached hydrogens (tertiary/aromatic N) is 1. The summed E-state index contributed by atoms with van der Waals surface area (Å²) in [5, 5.41) is 7.89. The summed E-state index contributed by atoms with van der Waals surface area (Å²) in [5.74, 6) is -0.343. The zero-order chi connectivity index (χ0) is 11.0. The van der Waals surface area contributed by atoms with Crippen LogP contribution in [0.4, 0.5) is 5.69 Å². The maximum absolute atomic E-state index is 10.9. The molecule has 0 radical (unpaired) electrons. The number of carbonyl (C=O) groups is 1. The van der Waals surface area contributed by atoms with Crippen LogP contribution in [0.5, 0.6) is 0 Å². The van der Waals surface area contributed by atoms with E-state index in [1.807, 2.05) is 0 Å². The van der Waals surface area contributed by atoms with Gasteiger partial charge in [-0.3, -0.25) is 0 Å². The Morgan fingerprint density at radius 1 is 1.43 bits per heavy atom. The van der Waals surface area contributed by atoms with E-state index >= 15 is 0 Å². The van der Waals surface area contributed by atoms with Gasteiger partial charge < -0.3 is 15.7 Å². The average molecular weight is 198 g/mol. The number of benzene rings is 1. The number of anilines is 1. The van der Waals surface area contributed by atoms with E-state index in [0.717, 1.165) is 0 Å². The SMILES string of the molecule is COC(=O)c1ccc(N)cc1.O=NO. The Labute approximate surface area is 80.2 Å². The maximum atomic E-state index is 10.9. The van der Waals surface area contributed by atoms with Crippen molar-refractivity contribution in [1.29, 1.82) is 0 Å². The molecule has 0 unspecified atom stereocenters. The molecule has 0 spiro atoms. The second-order valence-electron chi connectivity index (χ2n) is 2.20. The van der Waals surface area contributed by atoms with Gasteiger partial charge in [-0.15, -0.1) is 4.91 Å². The van der Waals surface area contributed by atoms with Gasteiger partial charge in [0.1, 0.15) is 0 Å². The molecule has 1 aromatic carbocycles. The zero-order valence-electron chi connectivity index (χ0n) is 7.51. The van der Waals surface area contributed by atoms with Crippen molar-refractivity contribution in [2.75, 3.05) is 12.8 Å². The summed E-state index contributed by atoms with van der Waals surface area (Å²) in [5.41, 5.74) is 6.57. The molecule has 0 saturated heterocycles. The van der Waals surface area contributed by atoms with Crippen LogP contribution in [0.1, 0.15) is 10.4 Å². The molecule has 1 aromatic rings. The second-order valence-corrected chi connectivity index (χ2v) is 2.20. The summed E-state index contributed by atoms with van der Waals surface area (Å²) in [6.07, 6.45) is 0. The molecule has 6 heteroatoms. The Kier molecular flexibility index (Phi) is 5.44. The first-order chi connectivity index (χ1) is 6.65. The highest BCUT2D eigenvalue weighted by atomic mass is 16.6. The third kappa shape index (κ3) is 4.05. The fraction of sp³-hybridized carbons (Fsp3) is 0.125. The fourth-order valence-electron chi connectivity index (χ4n) is 0.737. The van der Waals surface area contributed by atoms with Crippen molar-refractivity contribution < 1.29 is 14.7 Å². The quantitative estimate of drug-likeness (QED) is 0.305. The first-order valence-corrected chi connectivity index (χ1v) is 3.56. The molecule has 0 heterocycles. The monoisotopic (exact) mass is 198 g/mol. The Morgan fingerprint density at radius 3 is 2.21 bits per heavy atom. The second kappa shape index (κ2) is 6.41. The number of nitrogen functional groups attached to an aromatic ring is 1. The molecule has 0 aliphatic carbocycles. The van der Waals surface area contributed by atoms with E-state index in [1.165, 1.54) is 12.4 Å². The third-order valence-electron chi connectivity index (χ3n) is 1.33. The Bertz CT molecular complexity index is 297. The summed E-state index contributed by atoms with van der Waals surface area (Å²) < 4.78 is 4.50. The lowest BCUT2D eigenvalue weighted by atomic mass is 10.2. The molecule has 0 aliphatic heterocycles. The van der Waals surface area contributed by atoms with Crippen LogP contribution in [0, 0.1) is 4.91 Å². The van der Waals surface area contributed by atoms with Gasteiger partial charge in [-0.1, -0.05) is 0 Å². The van der Waals surface area contributed by atoms with Gasteiger partial charge in [-0.25, -0.2) is 4.79 Å². The lowest BCUT2D eigenvalue weighted by molar-refractivity contribution is 0.0601. The Balaban J connectivity index is 0.000000500. The van der Waals surface area contributed by atoms with Crippen LogP contribution in [0.25, 0.3) is 0 Å². The molecule has 1 rings (SSSR count). The van der Waals surface area contributed by atoms with Crippen molar-refractivity contribution in [2.45, 2.75) is 0 Å². The van der Waals surface area contributed by atoms with E-state index in [9.17, 15) is 4.79 Å². The van der Waals surface area contributed by atoms with Crippen LogP contribution in [0.15, 0.2) is 29.6 Å². The molecule has 0 bridgehead atoms. The van der Waals surface area contributed by atoms with Gasteiger partial charge in [-0.05, 0) is 24.3 Å². The number of methoxy groups -OCH3 is 1. The van der Waals surface area contributed by atoms with Gasteiger partial charge in [-0.2, -0.15) is 0 Å². The number of hydrogen-bond acceptors (Lipinski definition) is 5. The van der Waals surface area contributed by atoms with Crippen molar-refractivity contribution in [1.82, 2.24) is 0 Å². The van der Waals surface area contributed by atoms with Crippen LogP contribution in [-0.4, -0.2) is 18.3 Å². The van der Waals surface area contributed by atoms with Crippen LogP contribution in [0.3, 0.4) is 0 Å². The molecular weight excluding hydrogens is 188 g/mol. The largest absolute Gasteiger partial charge is 0.465 e. The zero-order valence-corrected chi connectivity index (χ0v) is 7.51.